The van der Waals surface area contributed by atoms with Crippen molar-refractivity contribution in [3.63, 3.8) is 0 Å². The lowest BCUT2D eigenvalue weighted by molar-refractivity contribution is 1.06. The molecule has 0 aliphatic rings. The molecular formula is C49H35N3. The lowest BCUT2D eigenvalue weighted by Crippen LogP contribution is -1.99. The Labute approximate surface area is 303 Å². The van der Waals surface area contributed by atoms with Gasteiger partial charge in [-0.3, -0.25) is 4.98 Å². The summed E-state index contributed by atoms with van der Waals surface area (Å²) in [5, 5.41) is 9.66. The van der Waals surface area contributed by atoms with E-state index in [0.29, 0.717) is 12.2 Å². The third kappa shape index (κ3) is 5.93. The molecule has 0 bridgehead atoms. The molecule has 52 heavy (non-hydrogen) atoms. The molecular weight excluding hydrogens is 631 g/mol. The maximum Gasteiger partial charge on any atom is 0.160 e. The lowest BCUT2D eigenvalue weighted by Gasteiger charge is -2.13. The van der Waals surface area contributed by atoms with Gasteiger partial charge in [-0.15, -0.1) is 0 Å². The van der Waals surface area contributed by atoms with E-state index in [-0.39, 0.29) is 0 Å². The molecule has 0 fully saturated rings. The first-order chi connectivity index (χ1) is 25.7. The second-order valence-corrected chi connectivity index (χ2v) is 13.2. The summed E-state index contributed by atoms with van der Waals surface area (Å²) >= 11 is 0. The van der Waals surface area contributed by atoms with Crippen molar-refractivity contribution < 1.29 is 0 Å². The van der Waals surface area contributed by atoms with Crippen LogP contribution in [0, 0.1) is 0 Å². The minimum Gasteiger partial charge on any atom is -0.263 e. The Hall–Kier alpha value is -6.71. The van der Waals surface area contributed by atoms with Gasteiger partial charge in [0.15, 0.2) is 5.82 Å². The predicted molar refractivity (Wildman–Crippen MR) is 219 cm³/mol. The third-order valence-corrected chi connectivity index (χ3v) is 9.88. The van der Waals surface area contributed by atoms with Crippen LogP contribution in [0.2, 0.25) is 0 Å². The van der Waals surface area contributed by atoms with Crippen LogP contribution in [0.25, 0.3) is 82.4 Å². The van der Waals surface area contributed by atoms with Gasteiger partial charge in [-0.05, 0) is 85.6 Å². The molecule has 0 amide bonds. The topological polar surface area (TPSA) is 38.7 Å². The average Bonchev–Trinajstić information content (AvgIpc) is 3.21. The smallest absolute Gasteiger partial charge is 0.160 e. The minimum absolute atomic E-state index is 0.633. The molecule has 0 aliphatic heterocycles. The van der Waals surface area contributed by atoms with Gasteiger partial charge < -0.3 is 0 Å². The summed E-state index contributed by atoms with van der Waals surface area (Å²) in [7, 11) is 0. The first kappa shape index (κ1) is 31.3. The van der Waals surface area contributed by atoms with Gasteiger partial charge in [-0.1, -0.05) is 146 Å². The maximum absolute atomic E-state index is 5.23. The minimum atomic E-state index is 0.633. The quantitative estimate of drug-likeness (QED) is 0.126. The standard InChI is InChI=1S/C49H35N3/c1-2-12-34(47-32-50-31-40-16-6-8-20-43(40)47)25-26-41-30-48(52-49(51-41)39-24-23-33-13-3-4-14-35(33)27-39)38-18-11-17-36(28-38)46-29-37-15-5-7-19-42(37)44-21-9-10-22-45(44)46/h2-25,27-32H,26H2,1H3/b12-2-,34-25+. The summed E-state index contributed by atoms with van der Waals surface area (Å²) in [5.74, 6) is 0.715. The number of rotatable bonds is 7. The van der Waals surface area contributed by atoms with E-state index in [2.05, 4.69) is 182 Å². The Morgan fingerprint density at radius 1 is 0.519 bits per heavy atom. The van der Waals surface area contributed by atoms with Crippen LogP contribution in [0.5, 0.6) is 0 Å². The van der Waals surface area contributed by atoms with Crippen molar-refractivity contribution >= 4 is 48.7 Å². The zero-order valence-electron chi connectivity index (χ0n) is 28.9. The van der Waals surface area contributed by atoms with Crippen molar-refractivity contribution in [2.45, 2.75) is 13.3 Å². The second-order valence-electron chi connectivity index (χ2n) is 13.2. The van der Waals surface area contributed by atoms with Crippen molar-refractivity contribution in [3.8, 4) is 33.8 Å². The fraction of sp³-hybridized carbons (Fsp3) is 0.0408. The van der Waals surface area contributed by atoms with Gasteiger partial charge in [0.25, 0.3) is 0 Å². The number of benzene rings is 7. The Balaban J connectivity index is 1.18. The molecule has 0 unspecified atom stereocenters. The lowest BCUT2D eigenvalue weighted by atomic mass is 9.92. The van der Waals surface area contributed by atoms with E-state index in [4.69, 9.17) is 9.97 Å². The van der Waals surface area contributed by atoms with Crippen LogP contribution in [0.4, 0.5) is 0 Å². The zero-order chi connectivity index (χ0) is 34.9. The fourth-order valence-electron chi connectivity index (χ4n) is 7.36. The highest BCUT2D eigenvalue weighted by atomic mass is 14.9. The summed E-state index contributed by atoms with van der Waals surface area (Å²) in [5.41, 5.74) is 8.48. The first-order valence-electron chi connectivity index (χ1n) is 17.8. The van der Waals surface area contributed by atoms with Crippen LogP contribution in [-0.2, 0) is 6.42 Å². The average molecular weight is 666 g/mol. The van der Waals surface area contributed by atoms with E-state index >= 15 is 0 Å². The van der Waals surface area contributed by atoms with E-state index in [1.165, 1.54) is 43.3 Å². The molecule has 0 aliphatic carbocycles. The van der Waals surface area contributed by atoms with Gasteiger partial charge in [0.1, 0.15) is 0 Å². The van der Waals surface area contributed by atoms with Crippen molar-refractivity contribution in [3.05, 3.63) is 194 Å². The largest absolute Gasteiger partial charge is 0.263 e. The van der Waals surface area contributed by atoms with Crippen molar-refractivity contribution in [1.29, 1.82) is 0 Å². The first-order valence-corrected chi connectivity index (χ1v) is 17.8. The molecule has 7 aromatic carbocycles. The number of fused-ring (bicyclic) bond motifs is 5. The van der Waals surface area contributed by atoms with Gasteiger partial charge >= 0.3 is 0 Å². The number of pyridine rings is 1. The number of nitrogens with zero attached hydrogens (tertiary/aromatic N) is 3. The van der Waals surface area contributed by atoms with Crippen molar-refractivity contribution in [1.82, 2.24) is 15.0 Å². The summed E-state index contributed by atoms with van der Waals surface area (Å²) in [6.45, 7) is 2.05. The predicted octanol–water partition coefficient (Wildman–Crippen LogP) is 12.7. The highest BCUT2D eigenvalue weighted by Crippen LogP contribution is 2.37. The molecule has 2 aromatic heterocycles. The zero-order valence-corrected chi connectivity index (χ0v) is 28.9. The van der Waals surface area contributed by atoms with E-state index in [9.17, 15) is 0 Å². The Kier molecular flexibility index (Phi) is 8.15. The summed E-state index contributed by atoms with van der Waals surface area (Å²) in [6, 6.07) is 53.9. The van der Waals surface area contributed by atoms with Gasteiger partial charge in [-0.25, -0.2) is 9.97 Å². The van der Waals surface area contributed by atoms with Gasteiger partial charge in [0.05, 0.1) is 5.69 Å². The highest BCUT2D eigenvalue weighted by Gasteiger charge is 2.14. The Morgan fingerprint density at radius 3 is 2.08 bits per heavy atom. The molecule has 2 heterocycles. The molecule has 0 spiro atoms. The number of allylic oxidation sites excluding steroid dienone is 4. The molecule has 0 atom stereocenters. The monoisotopic (exact) mass is 665 g/mol. The molecule has 246 valence electrons. The maximum atomic E-state index is 5.23. The van der Waals surface area contributed by atoms with E-state index in [1.807, 2.05) is 12.4 Å². The van der Waals surface area contributed by atoms with Crippen molar-refractivity contribution in [2.75, 3.05) is 0 Å². The Morgan fingerprint density at radius 2 is 1.23 bits per heavy atom. The summed E-state index contributed by atoms with van der Waals surface area (Å²) < 4.78 is 0. The SMILES string of the molecule is C/C=C\C(=C/Cc1cc(-c2cccc(-c3cc4ccccc4c4ccccc34)c2)nc(-c2ccc3ccccc3c2)n1)c1cncc2ccccc12. The van der Waals surface area contributed by atoms with Crippen LogP contribution in [0.15, 0.2) is 182 Å². The Bertz CT molecular complexity index is 2840. The van der Waals surface area contributed by atoms with Crippen LogP contribution in [0.1, 0.15) is 18.2 Å². The summed E-state index contributed by atoms with van der Waals surface area (Å²) in [4.78, 5) is 15.0. The number of aromatic nitrogens is 3. The highest BCUT2D eigenvalue weighted by molar-refractivity contribution is 6.13. The molecule has 0 N–H and O–H groups in total. The number of hydrogen-bond acceptors (Lipinski definition) is 3. The molecule has 3 heteroatoms. The number of hydrogen-bond donors (Lipinski definition) is 0. The van der Waals surface area contributed by atoms with Crippen LogP contribution < -0.4 is 0 Å². The molecule has 0 saturated heterocycles. The van der Waals surface area contributed by atoms with Crippen LogP contribution >= 0.6 is 0 Å². The van der Waals surface area contributed by atoms with Gasteiger partial charge in [0.2, 0.25) is 0 Å². The normalized spacial score (nSPS) is 12.1. The van der Waals surface area contributed by atoms with Crippen molar-refractivity contribution in [2.24, 2.45) is 0 Å². The van der Waals surface area contributed by atoms with E-state index < -0.39 is 0 Å². The third-order valence-electron chi connectivity index (χ3n) is 9.88. The molecule has 0 radical (unpaired) electrons. The fourth-order valence-corrected chi connectivity index (χ4v) is 7.36. The molecule has 0 saturated carbocycles. The van der Waals surface area contributed by atoms with E-state index in [0.717, 1.165) is 44.6 Å². The van der Waals surface area contributed by atoms with E-state index in [1.54, 1.807) is 0 Å². The van der Waals surface area contributed by atoms with Gasteiger partial charge in [0, 0.05) is 46.6 Å². The van der Waals surface area contributed by atoms with Gasteiger partial charge in [-0.2, -0.15) is 0 Å². The molecule has 3 nitrogen and oxygen atoms in total. The van der Waals surface area contributed by atoms with Crippen LogP contribution in [0.3, 0.4) is 0 Å². The van der Waals surface area contributed by atoms with Crippen LogP contribution in [-0.4, -0.2) is 15.0 Å². The second kappa shape index (κ2) is 13.5. The molecule has 9 aromatic rings. The molecule has 9 rings (SSSR count). The summed E-state index contributed by atoms with van der Waals surface area (Å²) in [6.07, 6.45) is 11.0.